The molecule has 0 saturated carbocycles. The molecule has 1 heterocycles. The SMILES string of the molecule is O=C(/C=C/c1ccccn1)NC(c1ccccc1)c1ccccc1. The van der Waals surface area contributed by atoms with Crippen molar-refractivity contribution in [3.63, 3.8) is 0 Å². The van der Waals surface area contributed by atoms with Crippen LogP contribution in [0.4, 0.5) is 0 Å². The van der Waals surface area contributed by atoms with Gasteiger partial charge in [-0.05, 0) is 29.3 Å². The number of benzene rings is 2. The van der Waals surface area contributed by atoms with Crippen LogP contribution >= 0.6 is 0 Å². The quantitative estimate of drug-likeness (QED) is 0.723. The van der Waals surface area contributed by atoms with Crippen molar-refractivity contribution >= 4 is 12.0 Å². The molecule has 0 atom stereocenters. The number of carbonyl (C=O) groups excluding carboxylic acids is 1. The minimum atomic E-state index is -0.187. The lowest BCUT2D eigenvalue weighted by atomic mass is 9.99. The standard InChI is InChI=1S/C21H18N2O/c24-20(15-14-19-13-7-8-16-22-19)23-21(17-9-3-1-4-10-17)18-11-5-2-6-12-18/h1-16,21H,(H,23,24)/b15-14+. The number of aromatic nitrogens is 1. The molecule has 0 bridgehead atoms. The summed E-state index contributed by atoms with van der Waals surface area (Å²) in [5, 5.41) is 3.07. The van der Waals surface area contributed by atoms with Gasteiger partial charge in [-0.15, -0.1) is 0 Å². The Bertz CT molecular complexity index is 760. The van der Waals surface area contributed by atoms with Gasteiger partial charge in [0.15, 0.2) is 0 Å². The Labute approximate surface area is 141 Å². The van der Waals surface area contributed by atoms with E-state index in [9.17, 15) is 4.79 Å². The van der Waals surface area contributed by atoms with Gasteiger partial charge in [-0.2, -0.15) is 0 Å². The molecular formula is C21H18N2O. The van der Waals surface area contributed by atoms with E-state index >= 15 is 0 Å². The number of hydrogen-bond donors (Lipinski definition) is 1. The molecule has 0 unspecified atom stereocenters. The Balaban J connectivity index is 1.80. The van der Waals surface area contributed by atoms with Crippen molar-refractivity contribution < 1.29 is 4.79 Å². The summed E-state index contributed by atoms with van der Waals surface area (Å²) in [6.45, 7) is 0. The molecule has 2 aromatic carbocycles. The Morgan fingerprint density at radius 2 is 1.42 bits per heavy atom. The number of nitrogens with zero attached hydrogens (tertiary/aromatic N) is 1. The third-order valence-corrected chi connectivity index (χ3v) is 3.65. The third kappa shape index (κ3) is 4.17. The van der Waals surface area contributed by atoms with Crippen molar-refractivity contribution in [3.8, 4) is 0 Å². The minimum Gasteiger partial charge on any atom is -0.342 e. The van der Waals surface area contributed by atoms with E-state index < -0.39 is 0 Å². The molecule has 1 amide bonds. The highest BCUT2D eigenvalue weighted by Crippen LogP contribution is 2.21. The summed E-state index contributed by atoms with van der Waals surface area (Å²) in [5.41, 5.74) is 2.84. The van der Waals surface area contributed by atoms with E-state index in [4.69, 9.17) is 0 Å². The Morgan fingerprint density at radius 1 is 0.833 bits per heavy atom. The van der Waals surface area contributed by atoms with Crippen LogP contribution in [0.5, 0.6) is 0 Å². The molecule has 3 nitrogen and oxygen atoms in total. The molecule has 0 saturated heterocycles. The predicted molar refractivity (Wildman–Crippen MR) is 96.1 cm³/mol. The maximum absolute atomic E-state index is 12.3. The molecule has 0 aliphatic rings. The van der Waals surface area contributed by atoms with Gasteiger partial charge in [0.25, 0.3) is 0 Å². The van der Waals surface area contributed by atoms with Gasteiger partial charge in [-0.3, -0.25) is 9.78 Å². The van der Waals surface area contributed by atoms with Crippen LogP contribution in [-0.4, -0.2) is 10.9 Å². The largest absolute Gasteiger partial charge is 0.342 e. The van der Waals surface area contributed by atoms with Crippen LogP contribution in [0.3, 0.4) is 0 Å². The zero-order valence-corrected chi connectivity index (χ0v) is 13.2. The van der Waals surface area contributed by atoms with Crippen molar-refractivity contribution in [2.45, 2.75) is 6.04 Å². The van der Waals surface area contributed by atoms with E-state index in [1.165, 1.54) is 6.08 Å². The van der Waals surface area contributed by atoms with E-state index in [0.29, 0.717) is 0 Å². The highest BCUT2D eigenvalue weighted by Gasteiger charge is 2.15. The summed E-state index contributed by atoms with van der Waals surface area (Å²) in [5.74, 6) is -0.154. The van der Waals surface area contributed by atoms with E-state index in [-0.39, 0.29) is 11.9 Å². The second-order valence-corrected chi connectivity index (χ2v) is 5.35. The van der Waals surface area contributed by atoms with E-state index in [1.807, 2.05) is 78.9 Å². The number of amides is 1. The smallest absolute Gasteiger partial charge is 0.244 e. The monoisotopic (exact) mass is 314 g/mol. The molecule has 0 aliphatic heterocycles. The van der Waals surface area contributed by atoms with E-state index in [1.54, 1.807) is 12.3 Å². The van der Waals surface area contributed by atoms with Crippen molar-refractivity contribution in [3.05, 3.63) is 108 Å². The molecule has 24 heavy (non-hydrogen) atoms. The van der Waals surface area contributed by atoms with E-state index in [0.717, 1.165) is 16.8 Å². The van der Waals surface area contributed by atoms with Crippen LogP contribution in [0.15, 0.2) is 91.1 Å². The Kier molecular flexibility index (Phi) is 5.15. The number of carbonyl (C=O) groups is 1. The zero-order chi connectivity index (χ0) is 16.6. The van der Waals surface area contributed by atoms with Crippen molar-refractivity contribution in [2.24, 2.45) is 0 Å². The summed E-state index contributed by atoms with van der Waals surface area (Å²) in [6, 6.07) is 25.3. The lowest BCUT2D eigenvalue weighted by molar-refractivity contribution is -0.116. The topological polar surface area (TPSA) is 42.0 Å². The van der Waals surface area contributed by atoms with Crippen LogP contribution in [0.25, 0.3) is 6.08 Å². The van der Waals surface area contributed by atoms with Crippen molar-refractivity contribution in [1.29, 1.82) is 0 Å². The van der Waals surface area contributed by atoms with Crippen LogP contribution in [0.2, 0.25) is 0 Å². The predicted octanol–water partition coefficient (Wildman–Crippen LogP) is 4.00. The summed E-state index contributed by atoms with van der Waals surface area (Å²) in [4.78, 5) is 16.5. The van der Waals surface area contributed by atoms with Gasteiger partial charge in [0.05, 0.1) is 11.7 Å². The van der Waals surface area contributed by atoms with Gasteiger partial charge in [-0.1, -0.05) is 66.7 Å². The van der Waals surface area contributed by atoms with Gasteiger partial charge in [0, 0.05) is 12.3 Å². The summed E-state index contributed by atoms with van der Waals surface area (Å²) < 4.78 is 0. The van der Waals surface area contributed by atoms with Crippen LogP contribution in [0, 0.1) is 0 Å². The number of hydrogen-bond acceptors (Lipinski definition) is 2. The molecule has 0 aliphatic carbocycles. The molecule has 3 heteroatoms. The average molecular weight is 314 g/mol. The average Bonchev–Trinajstić information content (AvgIpc) is 2.67. The fourth-order valence-electron chi connectivity index (χ4n) is 2.48. The molecule has 118 valence electrons. The first-order valence-electron chi connectivity index (χ1n) is 7.82. The van der Waals surface area contributed by atoms with Gasteiger partial charge in [0.2, 0.25) is 5.91 Å². The highest BCUT2D eigenvalue weighted by molar-refractivity contribution is 5.92. The molecule has 1 N–H and O–H groups in total. The van der Waals surface area contributed by atoms with Gasteiger partial charge < -0.3 is 5.32 Å². The van der Waals surface area contributed by atoms with Crippen LogP contribution < -0.4 is 5.32 Å². The second kappa shape index (κ2) is 7.88. The Morgan fingerprint density at radius 3 is 1.96 bits per heavy atom. The number of pyridine rings is 1. The number of nitrogens with one attached hydrogen (secondary N) is 1. The fourth-order valence-corrected chi connectivity index (χ4v) is 2.48. The van der Waals surface area contributed by atoms with E-state index in [2.05, 4.69) is 10.3 Å². The maximum Gasteiger partial charge on any atom is 0.244 e. The Hall–Kier alpha value is -3.20. The first kappa shape index (κ1) is 15.7. The molecule has 0 fully saturated rings. The van der Waals surface area contributed by atoms with Crippen molar-refractivity contribution in [1.82, 2.24) is 10.3 Å². The lowest BCUT2D eigenvalue weighted by Crippen LogP contribution is -2.27. The van der Waals surface area contributed by atoms with Crippen molar-refractivity contribution in [2.75, 3.05) is 0 Å². The third-order valence-electron chi connectivity index (χ3n) is 3.65. The number of rotatable bonds is 5. The molecule has 3 rings (SSSR count). The van der Waals surface area contributed by atoms with Gasteiger partial charge in [-0.25, -0.2) is 0 Å². The maximum atomic E-state index is 12.3. The molecule has 3 aromatic rings. The molecule has 0 radical (unpaired) electrons. The first-order chi connectivity index (χ1) is 11.8. The van der Waals surface area contributed by atoms with Gasteiger partial charge in [0.1, 0.15) is 0 Å². The van der Waals surface area contributed by atoms with Gasteiger partial charge >= 0.3 is 0 Å². The summed E-state index contributed by atoms with van der Waals surface area (Å²) in [7, 11) is 0. The summed E-state index contributed by atoms with van der Waals surface area (Å²) >= 11 is 0. The zero-order valence-electron chi connectivity index (χ0n) is 13.2. The second-order valence-electron chi connectivity index (χ2n) is 5.35. The molecular weight excluding hydrogens is 296 g/mol. The lowest BCUT2D eigenvalue weighted by Gasteiger charge is -2.19. The van der Waals surface area contributed by atoms with Crippen LogP contribution in [0.1, 0.15) is 22.9 Å². The minimum absolute atomic E-state index is 0.154. The normalized spacial score (nSPS) is 10.9. The van der Waals surface area contributed by atoms with Crippen LogP contribution in [-0.2, 0) is 4.79 Å². The molecule has 0 spiro atoms. The highest BCUT2D eigenvalue weighted by atomic mass is 16.1. The fraction of sp³-hybridized carbons (Fsp3) is 0.0476. The first-order valence-corrected chi connectivity index (χ1v) is 7.82. The molecule has 1 aromatic heterocycles. The summed E-state index contributed by atoms with van der Waals surface area (Å²) in [6.07, 6.45) is 4.93.